The third kappa shape index (κ3) is 0.946. The first-order valence-electron chi connectivity index (χ1n) is 6.39. The maximum Gasteiger partial charge on any atom is 0.0127 e. The third-order valence-corrected chi connectivity index (χ3v) is 5.83. The van der Waals surface area contributed by atoms with Gasteiger partial charge < -0.3 is 5.73 Å². The van der Waals surface area contributed by atoms with Crippen LogP contribution in [-0.4, -0.2) is 6.04 Å². The highest BCUT2D eigenvalue weighted by atomic mass is 14.8. The quantitative estimate of drug-likeness (QED) is 0.629. The normalized spacial score (nSPS) is 54.6. The molecule has 3 aliphatic carbocycles. The Morgan fingerprint density at radius 3 is 2.21 bits per heavy atom. The Morgan fingerprint density at radius 1 is 1.07 bits per heavy atom. The first-order chi connectivity index (χ1) is 6.63. The van der Waals surface area contributed by atoms with E-state index in [9.17, 15) is 0 Å². The van der Waals surface area contributed by atoms with E-state index in [4.69, 9.17) is 5.73 Å². The van der Waals surface area contributed by atoms with E-state index in [0.29, 0.717) is 11.5 Å². The monoisotopic (exact) mass is 193 g/mol. The highest BCUT2D eigenvalue weighted by Crippen LogP contribution is 2.64. The van der Waals surface area contributed by atoms with Crippen LogP contribution in [0, 0.1) is 29.1 Å². The first-order valence-corrected chi connectivity index (χ1v) is 6.39. The van der Waals surface area contributed by atoms with E-state index in [-0.39, 0.29) is 0 Å². The van der Waals surface area contributed by atoms with Gasteiger partial charge >= 0.3 is 0 Å². The van der Waals surface area contributed by atoms with Crippen molar-refractivity contribution in [1.29, 1.82) is 0 Å². The van der Waals surface area contributed by atoms with Gasteiger partial charge in [0, 0.05) is 6.04 Å². The summed E-state index contributed by atoms with van der Waals surface area (Å²) in [6.45, 7) is 4.86. The van der Waals surface area contributed by atoms with Gasteiger partial charge in [-0.05, 0) is 61.2 Å². The van der Waals surface area contributed by atoms with Crippen LogP contribution < -0.4 is 5.73 Å². The van der Waals surface area contributed by atoms with Crippen LogP contribution in [0.25, 0.3) is 0 Å². The minimum atomic E-state index is 0.550. The fourth-order valence-corrected chi connectivity index (χ4v) is 4.90. The molecule has 3 saturated carbocycles. The van der Waals surface area contributed by atoms with E-state index < -0.39 is 0 Å². The van der Waals surface area contributed by atoms with Gasteiger partial charge in [0.05, 0.1) is 0 Å². The largest absolute Gasteiger partial charge is 0.327 e. The van der Waals surface area contributed by atoms with Gasteiger partial charge in [-0.2, -0.15) is 0 Å². The Kier molecular flexibility index (Phi) is 1.81. The zero-order chi connectivity index (χ0) is 9.92. The molecule has 0 saturated heterocycles. The van der Waals surface area contributed by atoms with Crippen molar-refractivity contribution < 1.29 is 0 Å². The van der Waals surface area contributed by atoms with Crippen molar-refractivity contribution in [2.45, 2.75) is 52.0 Å². The summed E-state index contributed by atoms with van der Waals surface area (Å²) < 4.78 is 0. The fourth-order valence-electron chi connectivity index (χ4n) is 4.90. The van der Waals surface area contributed by atoms with E-state index in [0.717, 1.165) is 23.7 Å². The van der Waals surface area contributed by atoms with Crippen molar-refractivity contribution in [3.05, 3.63) is 0 Å². The Morgan fingerprint density at radius 2 is 1.71 bits per heavy atom. The van der Waals surface area contributed by atoms with Crippen LogP contribution in [0.15, 0.2) is 0 Å². The van der Waals surface area contributed by atoms with Crippen molar-refractivity contribution in [3.8, 4) is 0 Å². The van der Waals surface area contributed by atoms with Gasteiger partial charge in [0.25, 0.3) is 0 Å². The lowest BCUT2D eigenvalue weighted by atomic mass is 9.68. The number of fused-ring (bicyclic) bond motifs is 3. The lowest BCUT2D eigenvalue weighted by molar-refractivity contribution is 0.131. The average molecular weight is 193 g/mol. The van der Waals surface area contributed by atoms with Gasteiger partial charge in [0.15, 0.2) is 0 Å². The molecule has 1 nitrogen and oxygen atoms in total. The van der Waals surface area contributed by atoms with E-state index in [2.05, 4.69) is 13.8 Å². The van der Waals surface area contributed by atoms with E-state index in [1.807, 2.05) is 0 Å². The SMILES string of the molecule is C[C@H]1CC2(C[C@@H]1C)[C@H]1CCC(C1)[C@H]2N. The van der Waals surface area contributed by atoms with Gasteiger partial charge in [-0.25, -0.2) is 0 Å². The second-order valence-electron chi connectivity index (χ2n) is 6.39. The maximum atomic E-state index is 6.48. The van der Waals surface area contributed by atoms with Crippen molar-refractivity contribution in [2.75, 3.05) is 0 Å². The van der Waals surface area contributed by atoms with Crippen LogP contribution in [-0.2, 0) is 0 Å². The van der Waals surface area contributed by atoms with Crippen LogP contribution >= 0.6 is 0 Å². The smallest absolute Gasteiger partial charge is 0.0127 e. The third-order valence-electron chi connectivity index (χ3n) is 5.83. The second kappa shape index (κ2) is 2.75. The predicted molar refractivity (Wildman–Crippen MR) is 58.8 cm³/mol. The molecule has 1 heteroatoms. The van der Waals surface area contributed by atoms with Crippen molar-refractivity contribution >= 4 is 0 Å². The van der Waals surface area contributed by atoms with E-state index in [1.54, 1.807) is 0 Å². The average Bonchev–Trinajstić information content (AvgIpc) is 2.76. The first kappa shape index (κ1) is 9.21. The molecule has 5 atom stereocenters. The Labute approximate surface area is 87.4 Å². The van der Waals surface area contributed by atoms with E-state index in [1.165, 1.54) is 32.1 Å². The van der Waals surface area contributed by atoms with Crippen LogP contribution in [0.2, 0.25) is 0 Å². The lowest BCUT2D eigenvalue weighted by Gasteiger charge is -2.39. The molecule has 0 aromatic carbocycles. The number of hydrogen-bond donors (Lipinski definition) is 1. The van der Waals surface area contributed by atoms with Crippen molar-refractivity contribution in [1.82, 2.24) is 0 Å². The summed E-state index contributed by atoms with van der Waals surface area (Å²) in [7, 11) is 0. The molecule has 3 aliphatic rings. The summed E-state index contributed by atoms with van der Waals surface area (Å²) in [5.74, 6) is 3.72. The van der Waals surface area contributed by atoms with E-state index >= 15 is 0 Å². The lowest BCUT2D eigenvalue weighted by Crippen LogP contribution is -2.44. The fraction of sp³-hybridized carbons (Fsp3) is 1.00. The highest BCUT2D eigenvalue weighted by molar-refractivity contribution is 5.11. The van der Waals surface area contributed by atoms with Crippen LogP contribution in [0.3, 0.4) is 0 Å². The summed E-state index contributed by atoms with van der Waals surface area (Å²) in [6, 6.07) is 0.550. The molecule has 1 unspecified atom stereocenters. The predicted octanol–water partition coefficient (Wildman–Crippen LogP) is 2.80. The standard InChI is InChI=1S/C13H23N/c1-8-6-13(7-9(8)2)11-4-3-10(5-11)12(13)14/h8-12H,3-7,14H2,1-2H3/t8-,9-,10?,11-,12+/m0/s1. The molecule has 2 bridgehead atoms. The molecular weight excluding hydrogens is 170 g/mol. The molecule has 0 heterocycles. The summed E-state index contributed by atoms with van der Waals surface area (Å²) in [6.07, 6.45) is 7.22. The second-order valence-corrected chi connectivity index (χ2v) is 6.39. The molecule has 0 radical (unpaired) electrons. The summed E-state index contributed by atoms with van der Waals surface area (Å²) in [5, 5.41) is 0. The Balaban J connectivity index is 1.91. The molecule has 14 heavy (non-hydrogen) atoms. The van der Waals surface area contributed by atoms with Gasteiger partial charge in [-0.15, -0.1) is 0 Å². The zero-order valence-electron chi connectivity index (χ0n) is 9.50. The summed E-state index contributed by atoms with van der Waals surface area (Å²) in [4.78, 5) is 0. The van der Waals surface area contributed by atoms with Crippen LogP contribution in [0.5, 0.6) is 0 Å². The van der Waals surface area contributed by atoms with Crippen LogP contribution in [0.4, 0.5) is 0 Å². The molecule has 3 rings (SSSR count). The maximum absolute atomic E-state index is 6.48. The molecule has 1 spiro atoms. The van der Waals surface area contributed by atoms with Gasteiger partial charge in [-0.1, -0.05) is 13.8 Å². The molecule has 0 amide bonds. The Hall–Kier alpha value is -0.0400. The van der Waals surface area contributed by atoms with Crippen molar-refractivity contribution in [2.24, 2.45) is 34.8 Å². The number of nitrogens with two attached hydrogens (primary N) is 1. The number of rotatable bonds is 0. The summed E-state index contributed by atoms with van der Waals surface area (Å²) in [5.41, 5.74) is 7.07. The molecule has 80 valence electrons. The van der Waals surface area contributed by atoms with Gasteiger partial charge in [-0.3, -0.25) is 0 Å². The van der Waals surface area contributed by atoms with Crippen LogP contribution in [0.1, 0.15) is 46.0 Å². The molecule has 0 aromatic rings. The van der Waals surface area contributed by atoms with Gasteiger partial charge in [0.2, 0.25) is 0 Å². The molecule has 0 aliphatic heterocycles. The minimum Gasteiger partial charge on any atom is -0.327 e. The number of hydrogen-bond acceptors (Lipinski definition) is 1. The van der Waals surface area contributed by atoms with Gasteiger partial charge in [0.1, 0.15) is 0 Å². The van der Waals surface area contributed by atoms with Crippen molar-refractivity contribution in [3.63, 3.8) is 0 Å². The minimum absolute atomic E-state index is 0.550. The Bertz CT molecular complexity index is 234. The molecular formula is C13H23N. The zero-order valence-corrected chi connectivity index (χ0v) is 9.50. The topological polar surface area (TPSA) is 26.0 Å². The highest BCUT2D eigenvalue weighted by Gasteiger charge is 2.59. The summed E-state index contributed by atoms with van der Waals surface area (Å²) >= 11 is 0. The molecule has 3 fully saturated rings. The molecule has 0 aromatic heterocycles. The molecule has 2 N–H and O–H groups in total.